The molecule has 2 aliphatic heterocycles. The number of methoxy groups -OCH3 is 1. The van der Waals surface area contributed by atoms with Gasteiger partial charge in [0.25, 0.3) is 5.91 Å². The SMILES string of the molecule is COc1ccccc1[C@@H](CNC(=O)C1=NN(C)C(=O)CC1)N1CCCCC1. The van der Waals surface area contributed by atoms with Crippen LogP contribution >= 0.6 is 0 Å². The van der Waals surface area contributed by atoms with Crippen molar-refractivity contribution in [3.8, 4) is 5.75 Å². The quantitative estimate of drug-likeness (QED) is 0.828. The Labute approximate surface area is 160 Å². The molecule has 2 amide bonds. The van der Waals surface area contributed by atoms with Crippen LogP contribution in [0, 0.1) is 0 Å². The summed E-state index contributed by atoms with van der Waals surface area (Å²) in [5.74, 6) is 0.570. The minimum absolute atomic E-state index is 0.0500. The summed E-state index contributed by atoms with van der Waals surface area (Å²) in [4.78, 5) is 26.6. The van der Waals surface area contributed by atoms with Crippen LogP contribution in [0.15, 0.2) is 29.4 Å². The Morgan fingerprint density at radius 1 is 1.22 bits per heavy atom. The van der Waals surface area contributed by atoms with Gasteiger partial charge in [-0.15, -0.1) is 0 Å². The van der Waals surface area contributed by atoms with Crippen LogP contribution in [0.4, 0.5) is 0 Å². The minimum Gasteiger partial charge on any atom is -0.496 e. The average Bonchev–Trinajstić information content (AvgIpc) is 2.71. The molecule has 3 rings (SSSR count). The normalized spacial score (nSPS) is 19.4. The van der Waals surface area contributed by atoms with Crippen molar-refractivity contribution in [3.05, 3.63) is 29.8 Å². The first-order valence-corrected chi connectivity index (χ1v) is 9.59. The molecule has 0 aliphatic carbocycles. The fourth-order valence-electron chi connectivity index (χ4n) is 3.73. The van der Waals surface area contributed by atoms with Crippen LogP contribution in [-0.2, 0) is 9.59 Å². The van der Waals surface area contributed by atoms with Crippen molar-refractivity contribution in [2.75, 3.05) is 33.8 Å². The van der Waals surface area contributed by atoms with E-state index >= 15 is 0 Å². The van der Waals surface area contributed by atoms with Crippen molar-refractivity contribution >= 4 is 17.5 Å². The third-order valence-corrected chi connectivity index (χ3v) is 5.25. The molecule has 2 heterocycles. The highest BCUT2D eigenvalue weighted by molar-refractivity contribution is 6.39. The number of ether oxygens (including phenoxy) is 1. The molecule has 1 atom stereocenters. The number of carbonyl (C=O) groups is 2. The molecule has 0 spiro atoms. The molecule has 0 unspecified atom stereocenters. The number of nitrogens with one attached hydrogen (secondary N) is 1. The van der Waals surface area contributed by atoms with Gasteiger partial charge in [-0.3, -0.25) is 14.5 Å². The summed E-state index contributed by atoms with van der Waals surface area (Å²) in [6, 6.07) is 8.03. The lowest BCUT2D eigenvalue weighted by atomic mass is 10.0. The molecule has 1 aromatic carbocycles. The molecule has 1 N–H and O–H groups in total. The smallest absolute Gasteiger partial charge is 0.267 e. The van der Waals surface area contributed by atoms with Crippen molar-refractivity contribution in [1.82, 2.24) is 15.2 Å². The Balaban J connectivity index is 1.74. The second-order valence-corrected chi connectivity index (χ2v) is 7.03. The van der Waals surface area contributed by atoms with Gasteiger partial charge in [0.05, 0.1) is 13.2 Å². The Kier molecular flexibility index (Phi) is 6.45. The Morgan fingerprint density at radius 2 is 1.96 bits per heavy atom. The molecule has 0 aromatic heterocycles. The van der Waals surface area contributed by atoms with Gasteiger partial charge in [0.2, 0.25) is 5.91 Å². The Bertz CT molecular complexity index is 713. The molecule has 0 saturated carbocycles. The van der Waals surface area contributed by atoms with E-state index in [9.17, 15) is 9.59 Å². The second kappa shape index (κ2) is 8.99. The lowest BCUT2D eigenvalue weighted by Crippen LogP contribution is -2.43. The van der Waals surface area contributed by atoms with Crippen LogP contribution in [0.1, 0.15) is 43.7 Å². The summed E-state index contributed by atoms with van der Waals surface area (Å²) in [5, 5.41) is 8.39. The van der Waals surface area contributed by atoms with E-state index in [1.54, 1.807) is 14.2 Å². The number of para-hydroxylation sites is 1. The number of amides is 2. The Morgan fingerprint density at radius 3 is 2.67 bits per heavy atom. The lowest BCUT2D eigenvalue weighted by Gasteiger charge is -2.35. The predicted molar refractivity (Wildman–Crippen MR) is 104 cm³/mol. The molecule has 1 aromatic rings. The van der Waals surface area contributed by atoms with Crippen LogP contribution < -0.4 is 10.1 Å². The van der Waals surface area contributed by atoms with E-state index in [0.29, 0.717) is 25.1 Å². The van der Waals surface area contributed by atoms with E-state index in [0.717, 1.165) is 24.4 Å². The zero-order valence-corrected chi connectivity index (χ0v) is 16.1. The standard InChI is InChI=1S/C20H28N4O3/c1-23-19(25)11-10-16(22-23)20(26)21-14-17(24-12-6-3-7-13-24)15-8-4-5-9-18(15)27-2/h4-5,8-9,17H,3,6-7,10-14H2,1-2H3,(H,21,26)/t17-/m1/s1. The number of rotatable bonds is 6. The number of benzene rings is 1. The predicted octanol–water partition coefficient (Wildman–Crippen LogP) is 1.95. The highest BCUT2D eigenvalue weighted by Gasteiger charge is 2.27. The fourth-order valence-corrected chi connectivity index (χ4v) is 3.73. The number of piperidine rings is 1. The summed E-state index contributed by atoms with van der Waals surface area (Å²) in [5.41, 5.74) is 1.49. The van der Waals surface area contributed by atoms with Crippen LogP contribution in [-0.4, -0.2) is 61.2 Å². The van der Waals surface area contributed by atoms with Gasteiger partial charge < -0.3 is 10.1 Å². The van der Waals surface area contributed by atoms with Crippen molar-refractivity contribution < 1.29 is 14.3 Å². The molecule has 7 nitrogen and oxygen atoms in total. The fraction of sp³-hybridized carbons (Fsp3) is 0.550. The number of likely N-dealkylation sites (tertiary alicyclic amines) is 1. The first-order valence-electron chi connectivity index (χ1n) is 9.59. The van der Waals surface area contributed by atoms with Gasteiger partial charge in [0, 0.05) is 32.0 Å². The van der Waals surface area contributed by atoms with Crippen molar-refractivity contribution in [2.45, 2.75) is 38.1 Å². The third-order valence-electron chi connectivity index (χ3n) is 5.25. The van der Waals surface area contributed by atoms with Crippen molar-refractivity contribution in [2.24, 2.45) is 5.10 Å². The van der Waals surface area contributed by atoms with Gasteiger partial charge in [-0.25, -0.2) is 5.01 Å². The molecule has 1 fully saturated rings. The van der Waals surface area contributed by atoms with Crippen molar-refractivity contribution in [1.29, 1.82) is 0 Å². The maximum absolute atomic E-state index is 12.6. The first-order chi connectivity index (χ1) is 13.1. The van der Waals surface area contributed by atoms with E-state index in [1.165, 1.54) is 24.3 Å². The topological polar surface area (TPSA) is 74.2 Å². The molecule has 7 heteroatoms. The van der Waals surface area contributed by atoms with Crippen LogP contribution in [0.5, 0.6) is 5.75 Å². The summed E-state index contributed by atoms with van der Waals surface area (Å²) >= 11 is 0. The van der Waals surface area contributed by atoms with Gasteiger partial charge in [-0.1, -0.05) is 24.6 Å². The molecular weight excluding hydrogens is 344 g/mol. The molecule has 1 saturated heterocycles. The molecule has 27 heavy (non-hydrogen) atoms. The molecule has 0 radical (unpaired) electrons. The number of hydrogen-bond donors (Lipinski definition) is 1. The zero-order valence-electron chi connectivity index (χ0n) is 16.1. The molecule has 0 bridgehead atoms. The number of nitrogens with zero attached hydrogens (tertiary/aromatic N) is 3. The molecule has 146 valence electrons. The maximum atomic E-state index is 12.6. The van der Waals surface area contributed by atoms with Gasteiger partial charge in [-0.05, 0) is 32.0 Å². The van der Waals surface area contributed by atoms with E-state index < -0.39 is 0 Å². The number of hydrazone groups is 1. The first kappa shape index (κ1) is 19.4. The van der Waals surface area contributed by atoms with Gasteiger partial charge >= 0.3 is 0 Å². The monoisotopic (exact) mass is 372 g/mol. The Hall–Kier alpha value is -2.41. The molecular formula is C20H28N4O3. The van der Waals surface area contributed by atoms with Gasteiger partial charge in [0.1, 0.15) is 11.5 Å². The minimum atomic E-state index is -0.203. The largest absolute Gasteiger partial charge is 0.496 e. The summed E-state index contributed by atoms with van der Waals surface area (Å²) in [6.07, 6.45) is 4.29. The zero-order chi connectivity index (χ0) is 19.2. The van der Waals surface area contributed by atoms with E-state index in [2.05, 4.69) is 21.4 Å². The third kappa shape index (κ3) is 4.66. The highest BCUT2D eigenvalue weighted by Crippen LogP contribution is 2.30. The van der Waals surface area contributed by atoms with E-state index in [1.807, 2.05) is 18.2 Å². The average molecular weight is 372 g/mol. The van der Waals surface area contributed by atoms with Crippen molar-refractivity contribution in [3.63, 3.8) is 0 Å². The van der Waals surface area contributed by atoms with Crippen LogP contribution in [0.3, 0.4) is 0 Å². The summed E-state index contributed by atoms with van der Waals surface area (Å²) in [7, 11) is 3.26. The summed E-state index contributed by atoms with van der Waals surface area (Å²) in [6.45, 7) is 2.50. The lowest BCUT2D eigenvalue weighted by molar-refractivity contribution is -0.130. The maximum Gasteiger partial charge on any atom is 0.267 e. The van der Waals surface area contributed by atoms with E-state index in [4.69, 9.17) is 4.74 Å². The van der Waals surface area contributed by atoms with Gasteiger partial charge in [-0.2, -0.15) is 5.10 Å². The second-order valence-electron chi connectivity index (χ2n) is 7.03. The van der Waals surface area contributed by atoms with Crippen LogP contribution in [0.25, 0.3) is 0 Å². The highest BCUT2D eigenvalue weighted by atomic mass is 16.5. The number of hydrogen-bond acceptors (Lipinski definition) is 5. The van der Waals surface area contributed by atoms with Gasteiger partial charge in [0.15, 0.2) is 0 Å². The van der Waals surface area contributed by atoms with E-state index in [-0.39, 0.29) is 17.9 Å². The van der Waals surface area contributed by atoms with Crippen LogP contribution in [0.2, 0.25) is 0 Å². The number of carbonyl (C=O) groups excluding carboxylic acids is 2. The summed E-state index contributed by atoms with van der Waals surface area (Å²) < 4.78 is 5.56. The molecule has 2 aliphatic rings.